The highest BCUT2D eigenvalue weighted by molar-refractivity contribution is 5.93. The maximum absolute atomic E-state index is 13.6. The third-order valence-electron chi connectivity index (χ3n) is 3.90. The van der Waals surface area contributed by atoms with Crippen molar-refractivity contribution in [2.24, 2.45) is 0 Å². The number of rotatable bonds is 6. The zero-order valence-corrected chi connectivity index (χ0v) is 14.4. The van der Waals surface area contributed by atoms with Gasteiger partial charge in [-0.15, -0.1) is 0 Å². The van der Waals surface area contributed by atoms with Gasteiger partial charge < -0.3 is 10.2 Å². The number of aromatic nitrogens is 2. The monoisotopic (exact) mass is 350 g/mol. The van der Waals surface area contributed by atoms with Crippen LogP contribution in [0.4, 0.5) is 10.3 Å². The van der Waals surface area contributed by atoms with Crippen molar-refractivity contribution in [2.75, 3.05) is 11.9 Å². The number of amides is 1. The number of carbonyl (C=O) groups is 1. The summed E-state index contributed by atoms with van der Waals surface area (Å²) in [6.07, 6.45) is 2.95. The molecule has 3 aromatic rings. The molecule has 0 saturated carbocycles. The van der Waals surface area contributed by atoms with E-state index in [1.807, 2.05) is 42.3 Å². The van der Waals surface area contributed by atoms with Gasteiger partial charge >= 0.3 is 0 Å². The number of anilines is 1. The Morgan fingerprint density at radius 2 is 1.69 bits per heavy atom. The minimum atomic E-state index is -0.345. The van der Waals surface area contributed by atoms with Gasteiger partial charge in [0.25, 0.3) is 5.91 Å². The molecule has 0 aliphatic heterocycles. The second kappa shape index (κ2) is 8.20. The van der Waals surface area contributed by atoms with Gasteiger partial charge in [0.05, 0.1) is 5.56 Å². The molecule has 6 heteroatoms. The molecule has 1 N–H and O–H groups in total. The molecule has 0 atom stereocenters. The van der Waals surface area contributed by atoms with E-state index in [-0.39, 0.29) is 18.3 Å². The highest BCUT2D eigenvalue weighted by Crippen LogP contribution is 2.11. The van der Waals surface area contributed by atoms with E-state index < -0.39 is 0 Å². The van der Waals surface area contributed by atoms with Gasteiger partial charge in [-0.05, 0) is 11.6 Å². The van der Waals surface area contributed by atoms with Crippen LogP contribution in [-0.2, 0) is 13.1 Å². The average Bonchev–Trinajstić information content (AvgIpc) is 2.68. The molecule has 1 aromatic heterocycles. The lowest BCUT2D eigenvalue weighted by Crippen LogP contribution is -2.24. The first-order chi connectivity index (χ1) is 12.6. The molecule has 0 radical (unpaired) electrons. The van der Waals surface area contributed by atoms with Crippen LogP contribution < -0.4 is 10.2 Å². The van der Waals surface area contributed by atoms with Crippen LogP contribution >= 0.6 is 0 Å². The maximum atomic E-state index is 13.6. The van der Waals surface area contributed by atoms with Crippen LogP contribution in [0.3, 0.4) is 0 Å². The summed E-state index contributed by atoms with van der Waals surface area (Å²) in [5, 5.41) is 2.67. The van der Waals surface area contributed by atoms with Crippen LogP contribution in [-0.4, -0.2) is 22.9 Å². The van der Waals surface area contributed by atoms with Crippen LogP contribution in [0, 0.1) is 5.82 Å². The summed E-state index contributed by atoms with van der Waals surface area (Å²) in [6.45, 7) is 0.779. The second-order valence-corrected chi connectivity index (χ2v) is 5.89. The number of hydrogen-bond acceptors (Lipinski definition) is 4. The fraction of sp³-hybridized carbons (Fsp3) is 0.150. The highest BCUT2D eigenvalue weighted by atomic mass is 19.1. The Morgan fingerprint density at radius 1 is 1.04 bits per heavy atom. The van der Waals surface area contributed by atoms with E-state index in [2.05, 4.69) is 15.3 Å². The van der Waals surface area contributed by atoms with Gasteiger partial charge in [-0.1, -0.05) is 48.5 Å². The first kappa shape index (κ1) is 17.5. The molecule has 2 aromatic carbocycles. The number of halogens is 1. The Kier molecular flexibility index (Phi) is 5.53. The number of carbonyl (C=O) groups excluding carboxylic acids is 1. The van der Waals surface area contributed by atoms with Crippen molar-refractivity contribution >= 4 is 11.9 Å². The molecular formula is C20H19FN4O. The minimum absolute atomic E-state index is 0.112. The van der Waals surface area contributed by atoms with Gasteiger partial charge in [0.2, 0.25) is 5.95 Å². The third-order valence-corrected chi connectivity index (χ3v) is 3.90. The molecule has 0 unspecified atom stereocenters. The number of nitrogens with zero attached hydrogens (tertiary/aromatic N) is 3. The van der Waals surface area contributed by atoms with E-state index >= 15 is 0 Å². The predicted molar refractivity (Wildman–Crippen MR) is 98.2 cm³/mol. The normalized spacial score (nSPS) is 10.4. The lowest BCUT2D eigenvalue weighted by atomic mass is 10.2. The van der Waals surface area contributed by atoms with E-state index in [0.717, 1.165) is 5.56 Å². The van der Waals surface area contributed by atoms with Crippen LogP contribution in [0.5, 0.6) is 0 Å². The molecule has 132 valence electrons. The van der Waals surface area contributed by atoms with Gasteiger partial charge in [-0.2, -0.15) is 0 Å². The first-order valence-electron chi connectivity index (χ1n) is 8.22. The Morgan fingerprint density at radius 3 is 2.38 bits per heavy atom. The molecule has 3 rings (SSSR count). The fourth-order valence-corrected chi connectivity index (χ4v) is 2.48. The third kappa shape index (κ3) is 4.42. The zero-order valence-electron chi connectivity index (χ0n) is 14.4. The summed E-state index contributed by atoms with van der Waals surface area (Å²) >= 11 is 0. The van der Waals surface area contributed by atoms with Crippen LogP contribution in [0.2, 0.25) is 0 Å². The maximum Gasteiger partial charge on any atom is 0.254 e. The standard InChI is InChI=1S/C20H19FN4O/c1-25(14-15-7-3-2-4-8-15)20-23-12-17(13-24-20)19(26)22-11-16-9-5-6-10-18(16)21/h2-10,12-13H,11,14H2,1H3,(H,22,26). The molecule has 0 aliphatic carbocycles. The molecule has 5 nitrogen and oxygen atoms in total. The predicted octanol–water partition coefficient (Wildman–Crippen LogP) is 3.18. The van der Waals surface area contributed by atoms with E-state index in [9.17, 15) is 9.18 Å². The smallest absolute Gasteiger partial charge is 0.254 e. The Balaban J connectivity index is 1.60. The number of nitrogens with one attached hydrogen (secondary N) is 1. The summed E-state index contributed by atoms with van der Waals surface area (Å²) in [5.41, 5.74) is 1.91. The largest absolute Gasteiger partial charge is 0.348 e. The summed E-state index contributed by atoms with van der Waals surface area (Å²) < 4.78 is 13.6. The van der Waals surface area contributed by atoms with Gasteiger partial charge in [-0.3, -0.25) is 4.79 Å². The van der Waals surface area contributed by atoms with Crippen LogP contribution in [0.15, 0.2) is 67.0 Å². The highest BCUT2D eigenvalue weighted by Gasteiger charge is 2.10. The summed E-state index contributed by atoms with van der Waals surface area (Å²) in [6, 6.07) is 16.3. The van der Waals surface area contributed by atoms with Gasteiger partial charge in [0, 0.05) is 38.1 Å². The van der Waals surface area contributed by atoms with Gasteiger partial charge in [0.15, 0.2) is 0 Å². The molecular weight excluding hydrogens is 331 g/mol. The molecule has 0 fully saturated rings. The van der Waals surface area contributed by atoms with Crippen molar-refractivity contribution in [3.63, 3.8) is 0 Å². The van der Waals surface area contributed by atoms with E-state index in [4.69, 9.17) is 0 Å². The lowest BCUT2D eigenvalue weighted by molar-refractivity contribution is 0.0950. The fourth-order valence-electron chi connectivity index (χ4n) is 2.48. The first-order valence-corrected chi connectivity index (χ1v) is 8.22. The SMILES string of the molecule is CN(Cc1ccccc1)c1ncc(C(=O)NCc2ccccc2F)cn1. The van der Waals surface area contributed by atoms with Gasteiger partial charge in [-0.25, -0.2) is 14.4 Å². The summed E-state index contributed by atoms with van der Waals surface area (Å²) in [4.78, 5) is 22.6. The molecule has 0 spiro atoms. The molecule has 1 heterocycles. The Hall–Kier alpha value is -3.28. The quantitative estimate of drug-likeness (QED) is 0.742. The minimum Gasteiger partial charge on any atom is -0.348 e. The Labute approximate surface area is 151 Å². The second-order valence-electron chi connectivity index (χ2n) is 5.89. The van der Waals surface area contributed by atoms with E-state index in [1.54, 1.807) is 18.2 Å². The zero-order chi connectivity index (χ0) is 18.4. The molecule has 0 bridgehead atoms. The van der Waals surface area contributed by atoms with E-state index in [0.29, 0.717) is 23.6 Å². The summed E-state index contributed by atoms with van der Waals surface area (Å²) in [7, 11) is 1.89. The van der Waals surface area contributed by atoms with Crippen molar-refractivity contribution in [1.29, 1.82) is 0 Å². The van der Waals surface area contributed by atoms with Crippen molar-refractivity contribution < 1.29 is 9.18 Å². The molecule has 0 aliphatic rings. The van der Waals surface area contributed by atoms with Gasteiger partial charge in [0.1, 0.15) is 5.82 Å². The number of hydrogen-bond donors (Lipinski definition) is 1. The topological polar surface area (TPSA) is 58.1 Å². The average molecular weight is 350 g/mol. The lowest BCUT2D eigenvalue weighted by Gasteiger charge is -2.17. The Bertz CT molecular complexity index is 868. The van der Waals surface area contributed by atoms with Crippen molar-refractivity contribution in [3.05, 3.63) is 89.5 Å². The van der Waals surface area contributed by atoms with Crippen molar-refractivity contribution in [2.45, 2.75) is 13.1 Å². The van der Waals surface area contributed by atoms with Crippen LogP contribution in [0.25, 0.3) is 0 Å². The van der Waals surface area contributed by atoms with E-state index in [1.165, 1.54) is 18.5 Å². The van der Waals surface area contributed by atoms with Crippen molar-refractivity contribution in [3.8, 4) is 0 Å². The molecule has 1 amide bonds. The summed E-state index contributed by atoms with van der Waals surface area (Å²) in [5.74, 6) is -0.160. The van der Waals surface area contributed by atoms with Crippen molar-refractivity contribution in [1.82, 2.24) is 15.3 Å². The molecule has 0 saturated heterocycles. The number of benzene rings is 2. The van der Waals surface area contributed by atoms with Crippen LogP contribution in [0.1, 0.15) is 21.5 Å². The molecule has 26 heavy (non-hydrogen) atoms.